The van der Waals surface area contributed by atoms with Crippen LogP contribution >= 0.6 is 0 Å². The topological polar surface area (TPSA) is 86.7 Å². The Morgan fingerprint density at radius 2 is 1.81 bits per heavy atom. The highest BCUT2D eigenvalue weighted by atomic mass is 16.4. The van der Waals surface area contributed by atoms with Gasteiger partial charge in [-0.25, -0.2) is 0 Å². The van der Waals surface area contributed by atoms with Crippen molar-refractivity contribution in [2.45, 2.75) is 46.0 Å². The lowest BCUT2D eigenvalue weighted by Gasteiger charge is -2.24. The molecule has 0 aromatic rings. The van der Waals surface area contributed by atoms with Gasteiger partial charge < -0.3 is 15.3 Å². The number of nitrogens with one attached hydrogen (secondary N) is 1. The summed E-state index contributed by atoms with van der Waals surface area (Å²) in [6.45, 7) is 5.14. The molecule has 0 saturated heterocycles. The van der Waals surface area contributed by atoms with E-state index in [2.05, 4.69) is 5.32 Å². The van der Waals surface area contributed by atoms with E-state index in [-0.39, 0.29) is 24.3 Å². The van der Waals surface area contributed by atoms with Crippen LogP contribution in [0.3, 0.4) is 0 Å². The van der Waals surface area contributed by atoms with E-state index in [0.29, 0.717) is 32.4 Å². The molecule has 0 aromatic heterocycles. The minimum atomic E-state index is -0.826. The highest BCUT2D eigenvalue weighted by molar-refractivity contribution is 5.86. The Bertz CT molecular complexity index is 384. The number of aliphatic carboxylic acids is 1. The van der Waals surface area contributed by atoms with E-state index in [0.717, 1.165) is 12.8 Å². The van der Waals surface area contributed by atoms with Crippen LogP contribution in [0.25, 0.3) is 0 Å². The molecule has 2 unspecified atom stereocenters. The van der Waals surface area contributed by atoms with Crippen molar-refractivity contribution in [3.63, 3.8) is 0 Å². The van der Waals surface area contributed by atoms with Crippen LogP contribution in [-0.4, -0.2) is 47.4 Å². The highest BCUT2D eigenvalue weighted by Gasteiger charge is 2.36. The van der Waals surface area contributed by atoms with Gasteiger partial charge in [0.2, 0.25) is 11.8 Å². The fourth-order valence-electron chi connectivity index (χ4n) is 2.72. The van der Waals surface area contributed by atoms with Crippen molar-refractivity contribution in [2.75, 3.05) is 19.6 Å². The van der Waals surface area contributed by atoms with Crippen LogP contribution in [-0.2, 0) is 14.4 Å². The summed E-state index contributed by atoms with van der Waals surface area (Å²) in [6.07, 6.45) is 3.18. The number of rotatable bonds is 8. The summed E-state index contributed by atoms with van der Waals surface area (Å²) in [5.74, 6) is -1.72. The summed E-state index contributed by atoms with van der Waals surface area (Å²) < 4.78 is 0. The van der Waals surface area contributed by atoms with Crippen molar-refractivity contribution >= 4 is 17.8 Å². The monoisotopic (exact) mass is 298 g/mol. The standard InChI is InChI=1S/C15H26N2O4/c1-3-7-16-13(18)10-17(8-4-2)14(19)11-5-6-12(9-11)15(20)21/h11-12H,3-10H2,1-2H3,(H,16,18)(H,20,21). The summed E-state index contributed by atoms with van der Waals surface area (Å²) in [5, 5.41) is 11.8. The SMILES string of the molecule is CCCNC(=O)CN(CCC)C(=O)C1CCC(C(=O)O)C1. The van der Waals surface area contributed by atoms with Crippen molar-refractivity contribution in [1.82, 2.24) is 10.2 Å². The number of carbonyl (C=O) groups is 3. The van der Waals surface area contributed by atoms with Crippen molar-refractivity contribution < 1.29 is 19.5 Å². The van der Waals surface area contributed by atoms with Gasteiger partial charge in [-0.15, -0.1) is 0 Å². The van der Waals surface area contributed by atoms with Crippen molar-refractivity contribution in [3.8, 4) is 0 Å². The zero-order chi connectivity index (χ0) is 15.8. The molecule has 1 fully saturated rings. The molecule has 1 aliphatic carbocycles. The Morgan fingerprint density at radius 1 is 1.14 bits per heavy atom. The van der Waals surface area contributed by atoms with E-state index >= 15 is 0 Å². The first kappa shape index (κ1) is 17.5. The molecule has 6 nitrogen and oxygen atoms in total. The van der Waals surface area contributed by atoms with Gasteiger partial charge in [-0.3, -0.25) is 14.4 Å². The molecule has 0 aromatic carbocycles. The third-order valence-corrected chi connectivity index (χ3v) is 3.84. The molecule has 1 rings (SSSR count). The quantitative estimate of drug-likeness (QED) is 0.706. The van der Waals surface area contributed by atoms with Gasteiger partial charge in [0.15, 0.2) is 0 Å². The number of carboxylic acids is 1. The largest absolute Gasteiger partial charge is 0.481 e. The summed E-state index contributed by atoms with van der Waals surface area (Å²) in [7, 11) is 0. The molecule has 6 heteroatoms. The van der Waals surface area contributed by atoms with Crippen LogP contribution in [0.1, 0.15) is 46.0 Å². The van der Waals surface area contributed by atoms with Crippen LogP contribution in [0.5, 0.6) is 0 Å². The molecule has 21 heavy (non-hydrogen) atoms. The second-order valence-electron chi connectivity index (χ2n) is 5.65. The summed E-state index contributed by atoms with van der Waals surface area (Å²) in [6, 6.07) is 0. The van der Waals surface area contributed by atoms with Crippen LogP contribution in [0.2, 0.25) is 0 Å². The maximum atomic E-state index is 12.5. The first-order valence-electron chi connectivity index (χ1n) is 7.77. The Labute approximate surface area is 125 Å². The minimum absolute atomic E-state index is 0.0703. The van der Waals surface area contributed by atoms with Gasteiger partial charge in [-0.1, -0.05) is 13.8 Å². The predicted molar refractivity (Wildman–Crippen MR) is 78.6 cm³/mol. The number of carboxylic acid groups (broad SMARTS) is 1. The van der Waals surface area contributed by atoms with E-state index in [4.69, 9.17) is 5.11 Å². The molecular formula is C15H26N2O4. The van der Waals surface area contributed by atoms with Crippen LogP contribution in [0.15, 0.2) is 0 Å². The van der Waals surface area contributed by atoms with Gasteiger partial charge >= 0.3 is 5.97 Å². The lowest BCUT2D eigenvalue weighted by atomic mass is 10.0. The third kappa shape index (κ3) is 5.36. The Morgan fingerprint density at radius 3 is 2.33 bits per heavy atom. The fraction of sp³-hybridized carbons (Fsp3) is 0.800. The maximum Gasteiger partial charge on any atom is 0.306 e. The molecule has 0 aliphatic heterocycles. The molecule has 2 amide bonds. The van der Waals surface area contributed by atoms with Crippen molar-refractivity contribution in [3.05, 3.63) is 0 Å². The van der Waals surface area contributed by atoms with E-state index in [9.17, 15) is 14.4 Å². The van der Waals surface area contributed by atoms with E-state index < -0.39 is 11.9 Å². The second-order valence-corrected chi connectivity index (χ2v) is 5.65. The Kier molecular flexibility index (Phi) is 7.19. The fourth-order valence-corrected chi connectivity index (χ4v) is 2.72. The second kappa shape index (κ2) is 8.64. The van der Waals surface area contributed by atoms with E-state index in [1.54, 1.807) is 4.90 Å². The number of hydrogen-bond acceptors (Lipinski definition) is 3. The molecule has 0 radical (unpaired) electrons. The summed E-state index contributed by atoms with van der Waals surface area (Å²) in [5.41, 5.74) is 0. The van der Waals surface area contributed by atoms with Crippen LogP contribution < -0.4 is 5.32 Å². The predicted octanol–water partition coefficient (Wildman–Crippen LogP) is 1.25. The van der Waals surface area contributed by atoms with Gasteiger partial charge in [-0.2, -0.15) is 0 Å². The molecule has 1 aliphatic rings. The molecule has 120 valence electrons. The summed E-state index contributed by atoms with van der Waals surface area (Å²) >= 11 is 0. The number of carbonyl (C=O) groups excluding carboxylic acids is 2. The first-order valence-corrected chi connectivity index (χ1v) is 7.77. The molecule has 2 atom stereocenters. The lowest BCUT2D eigenvalue weighted by molar-refractivity contribution is -0.142. The van der Waals surface area contributed by atoms with Crippen LogP contribution in [0.4, 0.5) is 0 Å². The van der Waals surface area contributed by atoms with Crippen LogP contribution in [0, 0.1) is 11.8 Å². The number of amides is 2. The minimum Gasteiger partial charge on any atom is -0.481 e. The number of hydrogen-bond donors (Lipinski definition) is 2. The first-order chi connectivity index (χ1) is 9.99. The molecule has 0 bridgehead atoms. The molecule has 1 saturated carbocycles. The summed E-state index contributed by atoms with van der Waals surface area (Å²) in [4.78, 5) is 36.8. The molecule has 2 N–H and O–H groups in total. The van der Waals surface area contributed by atoms with Gasteiger partial charge in [0, 0.05) is 19.0 Å². The van der Waals surface area contributed by atoms with Gasteiger partial charge in [0.05, 0.1) is 12.5 Å². The van der Waals surface area contributed by atoms with Gasteiger partial charge in [-0.05, 0) is 32.1 Å². The van der Waals surface area contributed by atoms with Gasteiger partial charge in [0.25, 0.3) is 0 Å². The zero-order valence-electron chi connectivity index (χ0n) is 12.9. The maximum absolute atomic E-state index is 12.5. The molecular weight excluding hydrogens is 272 g/mol. The van der Waals surface area contributed by atoms with Crippen molar-refractivity contribution in [1.29, 1.82) is 0 Å². The Hall–Kier alpha value is -1.59. The third-order valence-electron chi connectivity index (χ3n) is 3.84. The highest BCUT2D eigenvalue weighted by Crippen LogP contribution is 2.32. The Balaban J connectivity index is 2.57. The molecule has 0 spiro atoms. The van der Waals surface area contributed by atoms with Crippen molar-refractivity contribution in [2.24, 2.45) is 11.8 Å². The van der Waals surface area contributed by atoms with E-state index in [1.165, 1.54) is 0 Å². The normalized spacial score (nSPS) is 21.0. The van der Waals surface area contributed by atoms with Gasteiger partial charge in [0.1, 0.15) is 0 Å². The number of nitrogens with zero attached hydrogens (tertiary/aromatic N) is 1. The smallest absolute Gasteiger partial charge is 0.306 e. The molecule has 0 heterocycles. The lowest BCUT2D eigenvalue weighted by Crippen LogP contribution is -2.43. The average molecular weight is 298 g/mol. The average Bonchev–Trinajstić information content (AvgIpc) is 2.93. The van der Waals surface area contributed by atoms with E-state index in [1.807, 2.05) is 13.8 Å². The zero-order valence-corrected chi connectivity index (χ0v) is 12.9.